The summed E-state index contributed by atoms with van der Waals surface area (Å²) in [6, 6.07) is 6.84. The van der Waals surface area contributed by atoms with Gasteiger partial charge in [-0.15, -0.1) is 0 Å². The Morgan fingerprint density at radius 3 is 2.78 bits per heavy atom. The van der Waals surface area contributed by atoms with Crippen LogP contribution in [0.5, 0.6) is 0 Å². The summed E-state index contributed by atoms with van der Waals surface area (Å²) in [7, 11) is 6.25. The fraction of sp³-hybridized carbons (Fsp3) is 0.643. The van der Waals surface area contributed by atoms with E-state index in [0.29, 0.717) is 6.04 Å². The SMILES string of the molecule is CNc1cccc(CN2CC(C)C(N(C)C)C2)n1. The first-order valence-electron chi connectivity index (χ1n) is 6.62. The van der Waals surface area contributed by atoms with Crippen molar-refractivity contribution in [3.05, 3.63) is 23.9 Å². The van der Waals surface area contributed by atoms with Crippen LogP contribution in [0.15, 0.2) is 18.2 Å². The number of hydrogen-bond donors (Lipinski definition) is 1. The third-order valence-corrected chi connectivity index (χ3v) is 3.76. The van der Waals surface area contributed by atoms with Crippen molar-refractivity contribution in [1.29, 1.82) is 0 Å². The molecule has 0 spiro atoms. The van der Waals surface area contributed by atoms with Crippen molar-refractivity contribution in [3.63, 3.8) is 0 Å². The van der Waals surface area contributed by atoms with E-state index in [2.05, 4.69) is 53.3 Å². The summed E-state index contributed by atoms with van der Waals surface area (Å²) in [5, 5.41) is 3.09. The first-order chi connectivity index (χ1) is 8.60. The van der Waals surface area contributed by atoms with Crippen molar-refractivity contribution in [2.45, 2.75) is 19.5 Å². The number of hydrogen-bond acceptors (Lipinski definition) is 4. The Hall–Kier alpha value is -1.13. The lowest BCUT2D eigenvalue weighted by molar-refractivity contribution is 0.249. The Balaban J connectivity index is 1.98. The molecule has 2 unspecified atom stereocenters. The molecule has 18 heavy (non-hydrogen) atoms. The molecule has 1 fully saturated rings. The van der Waals surface area contributed by atoms with Crippen LogP contribution in [0.1, 0.15) is 12.6 Å². The van der Waals surface area contributed by atoms with Crippen LogP contribution in [0.25, 0.3) is 0 Å². The van der Waals surface area contributed by atoms with E-state index in [1.165, 1.54) is 0 Å². The average molecular weight is 248 g/mol. The molecule has 1 aromatic rings. The molecule has 1 aliphatic heterocycles. The van der Waals surface area contributed by atoms with Crippen LogP contribution in [0.2, 0.25) is 0 Å². The van der Waals surface area contributed by atoms with E-state index in [1.54, 1.807) is 0 Å². The van der Waals surface area contributed by atoms with Crippen molar-refractivity contribution in [1.82, 2.24) is 14.8 Å². The molecule has 0 saturated carbocycles. The van der Waals surface area contributed by atoms with Crippen LogP contribution in [0.4, 0.5) is 5.82 Å². The van der Waals surface area contributed by atoms with Crippen molar-refractivity contribution in [2.24, 2.45) is 5.92 Å². The standard InChI is InChI=1S/C14H24N4/c1-11-8-18(10-13(11)17(3)4)9-12-6-5-7-14(15-2)16-12/h5-7,11,13H,8-10H2,1-4H3,(H,15,16). The van der Waals surface area contributed by atoms with Gasteiger partial charge in [-0.3, -0.25) is 4.90 Å². The van der Waals surface area contributed by atoms with Gasteiger partial charge in [0.15, 0.2) is 0 Å². The van der Waals surface area contributed by atoms with E-state index in [1.807, 2.05) is 13.1 Å². The Bertz CT molecular complexity index is 391. The maximum absolute atomic E-state index is 4.58. The quantitative estimate of drug-likeness (QED) is 0.875. The monoisotopic (exact) mass is 248 g/mol. The molecule has 1 aliphatic rings. The summed E-state index contributed by atoms with van der Waals surface area (Å²) >= 11 is 0. The highest BCUT2D eigenvalue weighted by Gasteiger charge is 2.30. The fourth-order valence-electron chi connectivity index (χ4n) is 2.79. The molecule has 1 saturated heterocycles. The maximum Gasteiger partial charge on any atom is 0.126 e. The lowest BCUT2D eigenvalue weighted by Gasteiger charge is -2.22. The van der Waals surface area contributed by atoms with Crippen LogP contribution in [0.3, 0.4) is 0 Å². The molecule has 4 heteroatoms. The normalized spacial score (nSPS) is 24.7. The molecule has 2 heterocycles. The third-order valence-electron chi connectivity index (χ3n) is 3.76. The lowest BCUT2D eigenvalue weighted by atomic mass is 10.1. The van der Waals surface area contributed by atoms with E-state index in [-0.39, 0.29) is 0 Å². The zero-order chi connectivity index (χ0) is 13.1. The maximum atomic E-state index is 4.58. The van der Waals surface area contributed by atoms with Gasteiger partial charge in [0.1, 0.15) is 5.82 Å². The number of likely N-dealkylation sites (N-methyl/N-ethyl adjacent to an activating group) is 1. The van der Waals surface area contributed by atoms with Gasteiger partial charge in [0.05, 0.1) is 5.69 Å². The summed E-state index contributed by atoms with van der Waals surface area (Å²) < 4.78 is 0. The smallest absolute Gasteiger partial charge is 0.126 e. The van der Waals surface area contributed by atoms with Gasteiger partial charge in [-0.1, -0.05) is 13.0 Å². The average Bonchev–Trinajstić information content (AvgIpc) is 2.70. The van der Waals surface area contributed by atoms with E-state index in [4.69, 9.17) is 0 Å². The number of nitrogens with zero attached hydrogens (tertiary/aromatic N) is 3. The van der Waals surface area contributed by atoms with Gasteiger partial charge in [0.2, 0.25) is 0 Å². The molecule has 1 N–H and O–H groups in total. The number of likely N-dealkylation sites (tertiary alicyclic amines) is 1. The van der Waals surface area contributed by atoms with Gasteiger partial charge < -0.3 is 10.2 Å². The van der Waals surface area contributed by atoms with Gasteiger partial charge in [-0.25, -0.2) is 4.98 Å². The minimum absolute atomic E-state index is 0.664. The van der Waals surface area contributed by atoms with E-state index < -0.39 is 0 Å². The summed E-state index contributed by atoms with van der Waals surface area (Å²) in [4.78, 5) is 9.42. The molecule has 1 aromatic heterocycles. The molecule has 0 aliphatic carbocycles. The van der Waals surface area contributed by atoms with Gasteiger partial charge in [0.25, 0.3) is 0 Å². The highest BCUT2D eigenvalue weighted by atomic mass is 15.2. The molecule has 0 aromatic carbocycles. The van der Waals surface area contributed by atoms with Crippen LogP contribution in [-0.4, -0.2) is 55.1 Å². The Labute approximate surface area is 110 Å². The van der Waals surface area contributed by atoms with Crippen molar-refractivity contribution < 1.29 is 0 Å². The van der Waals surface area contributed by atoms with Crippen LogP contribution in [0, 0.1) is 5.92 Å². The topological polar surface area (TPSA) is 31.4 Å². The molecule has 0 bridgehead atoms. The number of anilines is 1. The molecule has 0 radical (unpaired) electrons. The zero-order valence-corrected chi connectivity index (χ0v) is 11.8. The lowest BCUT2D eigenvalue weighted by Crippen LogP contribution is -2.34. The van der Waals surface area contributed by atoms with E-state index in [9.17, 15) is 0 Å². The van der Waals surface area contributed by atoms with Crippen LogP contribution >= 0.6 is 0 Å². The van der Waals surface area contributed by atoms with Gasteiger partial charge in [0, 0.05) is 32.7 Å². The Kier molecular flexibility index (Phi) is 4.19. The van der Waals surface area contributed by atoms with Crippen molar-refractivity contribution in [3.8, 4) is 0 Å². The second-order valence-electron chi connectivity index (χ2n) is 5.47. The summed E-state index contributed by atoms with van der Waals surface area (Å²) in [5.41, 5.74) is 1.15. The van der Waals surface area contributed by atoms with E-state index in [0.717, 1.165) is 37.1 Å². The van der Waals surface area contributed by atoms with Gasteiger partial charge in [-0.2, -0.15) is 0 Å². The second kappa shape index (κ2) is 5.67. The number of pyridine rings is 1. The molecule has 2 atom stereocenters. The molecular weight excluding hydrogens is 224 g/mol. The number of aromatic nitrogens is 1. The Morgan fingerprint density at radius 1 is 1.39 bits per heavy atom. The minimum atomic E-state index is 0.664. The molecule has 100 valence electrons. The highest BCUT2D eigenvalue weighted by molar-refractivity contribution is 5.34. The minimum Gasteiger partial charge on any atom is -0.373 e. The Morgan fingerprint density at radius 2 is 2.17 bits per heavy atom. The summed E-state index contributed by atoms with van der Waals surface area (Å²) in [6.07, 6.45) is 0. The molecule has 4 nitrogen and oxygen atoms in total. The zero-order valence-electron chi connectivity index (χ0n) is 11.8. The third kappa shape index (κ3) is 3.00. The highest BCUT2D eigenvalue weighted by Crippen LogP contribution is 2.21. The number of nitrogens with one attached hydrogen (secondary N) is 1. The fourth-order valence-corrected chi connectivity index (χ4v) is 2.79. The summed E-state index contributed by atoms with van der Waals surface area (Å²) in [5.74, 6) is 1.68. The van der Waals surface area contributed by atoms with Crippen molar-refractivity contribution >= 4 is 5.82 Å². The first kappa shape index (κ1) is 13.3. The molecule has 2 rings (SSSR count). The van der Waals surface area contributed by atoms with Crippen LogP contribution in [-0.2, 0) is 6.54 Å². The van der Waals surface area contributed by atoms with Gasteiger partial charge >= 0.3 is 0 Å². The number of rotatable bonds is 4. The van der Waals surface area contributed by atoms with E-state index >= 15 is 0 Å². The molecular formula is C14H24N4. The van der Waals surface area contributed by atoms with Gasteiger partial charge in [-0.05, 0) is 32.1 Å². The largest absolute Gasteiger partial charge is 0.373 e. The predicted molar refractivity (Wildman–Crippen MR) is 75.7 cm³/mol. The second-order valence-corrected chi connectivity index (χ2v) is 5.47. The predicted octanol–water partition coefficient (Wildman–Crippen LogP) is 1.51. The molecule has 0 amide bonds. The summed E-state index contributed by atoms with van der Waals surface area (Å²) in [6.45, 7) is 5.58. The van der Waals surface area contributed by atoms with Crippen molar-refractivity contribution in [2.75, 3.05) is 39.5 Å². The van der Waals surface area contributed by atoms with Crippen LogP contribution < -0.4 is 5.32 Å². The first-order valence-corrected chi connectivity index (χ1v) is 6.62.